The number of benzene rings is 1. The number of rotatable bonds is 8. The molecule has 0 spiro atoms. The van der Waals surface area contributed by atoms with Gasteiger partial charge in [-0.05, 0) is 24.1 Å². The van der Waals surface area contributed by atoms with Gasteiger partial charge in [0.2, 0.25) is 5.91 Å². The van der Waals surface area contributed by atoms with Crippen molar-refractivity contribution in [1.29, 1.82) is 0 Å². The van der Waals surface area contributed by atoms with Gasteiger partial charge in [-0.15, -0.1) is 0 Å². The summed E-state index contributed by atoms with van der Waals surface area (Å²) in [4.78, 5) is 14.5. The highest BCUT2D eigenvalue weighted by Crippen LogP contribution is 2.19. The molecule has 23 heavy (non-hydrogen) atoms. The molecule has 1 aromatic rings. The molecule has 1 amide bonds. The zero-order valence-electron chi connectivity index (χ0n) is 14.1. The lowest BCUT2D eigenvalue weighted by molar-refractivity contribution is -0.115. The number of ether oxygens (including phenoxy) is 1. The lowest BCUT2D eigenvalue weighted by Gasteiger charge is -2.26. The minimum atomic E-state index is -0.0178. The van der Waals surface area contributed by atoms with Crippen LogP contribution in [0.1, 0.15) is 11.1 Å². The van der Waals surface area contributed by atoms with E-state index in [2.05, 4.69) is 33.7 Å². The van der Waals surface area contributed by atoms with Crippen molar-refractivity contribution >= 4 is 23.4 Å². The third-order valence-corrected chi connectivity index (χ3v) is 4.80. The van der Waals surface area contributed by atoms with E-state index >= 15 is 0 Å². The number of aryl methyl sites for hydroxylation is 1. The smallest absolute Gasteiger partial charge is 0.238 e. The largest absolute Gasteiger partial charge is 0.383 e. The third kappa shape index (κ3) is 6.51. The van der Waals surface area contributed by atoms with Crippen LogP contribution in [0.4, 0.5) is 5.69 Å². The van der Waals surface area contributed by atoms with Crippen LogP contribution in [0.3, 0.4) is 0 Å². The molecule has 0 atom stereocenters. The standard InChI is InChI=1S/C17H27N3O2S/c1-14-3-4-15(13-20-6-9-23-10-7-20)11-16(14)19-17(21)12-18-5-8-22-2/h3-4,11,18H,5-10,12-13H2,1-2H3,(H,19,21). The van der Waals surface area contributed by atoms with Gasteiger partial charge in [0.1, 0.15) is 0 Å². The Labute approximate surface area is 143 Å². The first-order valence-electron chi connectivity index (χ1n) is 8.08. The van der Waals surface area contributed by atoms with E-state index in [1.54, 1.807) is 7.11 Å². The molecule has 2 rings (SSSR count). The van der Waals surface area contributed by atoms with Crippen molar-refractivity contribution < 1.29 is 9.53 Å². The predicted molar refractivity (Wildman–Crippen MR) is 97.2 cm³/mol. The SMILES string of the molecule is COCCNCC(=O)Nc1cc(CN2CCSCC2)ccc1C. The topological polar surface area (TPSA) is 53.6 Å². The van der Waals surface area contributed by atoms with Gasteiger partial charge in [-0.1, -0.05) is 12.1 Å². The maximum Gasteiger partial charge on any atom is 0.238 e. The van der Waals surface area contributed by atoms with Crippen molar-refractivity contribution in [3.63, 3.8) is 0 Å². The van der Waals surface area contributed by atoms with Crippen molar-refractivity contribution in [1.82, 2.24) is 10.2 Å². The molecule has 1 aliphatic heterocycles. The van der Waals surface area contributed by atoms with Gasteiger partial charge in [-0.25, -0.2) is 0 Å². The first kappa shape index (κ1) is 18.3. The van der Waals surface area contributed by atoms with Crippen LogP contribution in [0.2, 0.25) is 0 Å². The number of anilines is 1. The molecule has 128 valence electrons. The van der Waals surface area contributed by atoms with Crippen LogP contribution in [-0.4, -0.2) is 62.2 Å². The number of thioether (sulfide) groups is 1. The normalized spacial score (nSPS) is 15.6. The molecule has 1 heterocycles. The van der Waals surface area contributed by atoms with Crippen molar-refractivity contribution in [2.45, 2.75) is 13.5 Å². The van der Waals surface area contributed by atoms with E-state index in [1.807, 2.05) is 18.7 Å². The first-order valence-corrected chi connectivity index (χ1v) is 9.23. The summed E-state index contributed by atoms with van der Waals surface area (Å²) in [5.41, 5.74) is 3.26. The molecule has 6 heteroatoms. The molecular weight excluding hydrogens is 310 g/mol. The summed E-state index contributed by atoms with van der Waals surface area (Å²) in [6.07, 6.45) is 0. The monoisotopic (exact) mass is 337 g/mol. The van der Waals surface area contributed by atoms with E-state index in [4.69, 9.17) is 4.74 Å². The van der Waals surface area contributed by atoms with E-state index in [1.165, 1.54) is 17.1 Å². The number of nitrogens with zero attached hydrogens (tertiary/aromatic N) is 1. The molecule has 2 N–H and O–H groups in total. The highest BCUT2D eigenvalue weighted by molar-refractivity contribution is 7.99. The summed E-state index contributed by atoms with van der Waals surface area (Å²) in [7, 11) is 1.65. The first-order chi connectivity index (χ1) is 11.2. The fraction of sp³-hybridized carbons (Fsp3) is 0.588. The fourth-order valence-electron chi connectivity index (χ4n) is 2.49. The Morgan fingerprint density at radius 2 is 2.13 bits per heavy atom. The van der Waals surface area contributed by atoms with E-state index in [0.29, 0.717) is 19.7 Å². The molecule has 0 radical (unpaired) electrons. The Balaban J connectivity index is 1.87. The van der Waals surface area contributed by atoms with Gasteiger partial charge in [0.05, 0.1) is 13.2 Å². The van der Waals surface area contributed by atoms with Crippen LogP contribution >= 0.6 is 11.8 Å². The average Bonchev–Trinajstić information content (AvgIpc) is 2.56. The van der Waals surface area contributed by atoms with Gasteiger partial charge in [0.25, 0.3) is 0 Å². The van der Waals surface area contributed by atoms with Gasteiger partial charge >= 0.3 is 0 Å². The van der Waals surface area contributed by atoms with E-state index < -0.39 is 0 Å². The van der Waals surface area contributed by atoms with Crippen molar-refractivity contribution in [2.75, 3.05) is 56.7 Å². The third-order valence-electron chi connectivity index (χ3n) is 3.85. The number of amides is 1. The zero-order chi connectivity index (χ0) is 16.5. The lowest BCUT2D eigenvalue weighted by atomic mass is 10.1. The van der Waals surface area contributed by atoms with E-state index in [-0.39, 0.29) is 5.91 Å². The molecule has 0 saturated carbocycles. The van der Waals surface area contributed by atoms with Crippen molar-refractivity contribution in [3.05, 3.63) is 29.3 Å². The number of hydrogen-bond acceptors (Lipinski definition) is 5. The number of hydrogen-bond donors (Lipinski definition) is 2. The zero-order valence-corrected chi connectivity index (χ0v) is 14.9. The second kappa shape index (κ2) is 9.93. The molecule has 0 aromatic heterocycles. The fourth-order valence-corrected chi connectivity index (χ4v) is 3.47. The number of methoxy groups -OCH3 is 1. The Kier molecular flexibility index (Phi) is 7.88. The van der Waals surface area contributed by atoms with Gasteiger partial charge in [-0.3, -0.25) is 9.69 Å². The van der Waals surface area contributed by atoms with Crippen LogP contribution in [0.25, 0.3) is 0 Å². The highest BCUT2D eigenvalue weighted by atomic mass is 32.2. The molecule has 1 fully saturated rings. The molecule has 5 nitrogen and oxygen atoms in total. The Hall–Kier alpha value is -1.08. The quantitative estimate of drug-likeness (QED) is 0.708. The molecule has 0 aliphatic carbocycles. The van der Waals surface area contributed by atoms with Gasteiger partial charge in [-0.2, -0.15) is 11.8 Å². The van der Waals surface area contributed by atoms with Crippen LogP contribution in [0, 0.1) is 6.92 Å². The van der Waals surface area contributed by atoms with E-state index in [9.17, 15) is 4.79 Å². The molecule has 1 saturated heterocycles. The van der Waals surface area contributed by atoms with E-state index in [0.717, 1.165) is 30.9 Å². The summed E-state index contributed by atoms with van der Waals surface area (Å²) in [6, 6.07) is 6.34. The Morgan fingerprint density at radius 3 is 2.87 bits per heavy atom. The molecule has 1 aliphatic rings. The second-order valence-electron chi connectivity index (χ2n) is 5.76. The maximum atomic E-state index is 12.0. The minimum absolute atomic E-state index is 0.0178. The van der Waals surface area contributed by atoms with Crippen LogP contribution in [-0.2, 0) is 16.1 Å². The summed E-state index contributed by atoms with van der Waals surface area (Å²) in [5, 5.41) is 6.06. The van der Waals surface area contributed by atoms with Gasteiger partial charge in [0, 0.05) is 50.5 Å². The summed E-state index contributed by atoms with van der Waals surface area (Å²) < 4.78 is 4.95. The van der Waals surface area contributed by atoms with Crippen molar-refractivity contribution in [2.24, 2.45) is 0 Å². The number of carbonyl (C=O) groups is 1. The summed E-state index contributed by atoms with van der Waals surface area (Å²) >= 11 is 2.02. The molecule has 1 aromatic carbocycles. The van der Waals surface area contributed by atoms with Crippen LogP contribution in [0.5, 0.6) is 0 Å². The summed E-state index contributed by atoms with van der Waals surface area (Å²) in [6.45, 7) is 6.85. The molecule has 0 unspecified atom stereocenters. The second-order valence-corrected chi connectivity index (χ2v) is 6.98. The van der Waals surface area contributed by atoms with Gasteiger partial charge < -0.3 is 15.4 Å². The number of nitrogens with one attached hydrogen (secondary N) is 2. The van der Waals surface area contributed by atoms with Crippen LogP contribution < -0.4 is 10.6 Å². The predicted octanol–water partition coefficient (Wildman–Crippen LogP) is 1.72. The lowest BCUT2D eigenvalue weighted by Crippen LogP contribution is -2.32. The number of carbonyl (C=O) groups excluding carboxylic acids is 1. The maximum absolute atomic E-state index is 12.0. The van der Waals surface area contributed by atoms with Crippen molar-refractivity contribution in [3.8, 4) is 0 Å². The molecule has 0 bridgehead atoms. The highest BCUT2D eigenvalue weighted by Gasteiger charge is 2.12. The van der Waals surface area contributed by atoms with Gasteiger partial charge in [0.15, 0.2) is 0 Å². The Bertz CT molecular complexity index is 505. The van der Waals surface area contributed by atoms with Crippen LogP contribution in [0.15, 0.2) is 18.2 Å². The average molecular weight is 337 g/mol. The molecular formula is C17H27N3O2S. The Morgan fingerprint density at radius 1 is 1.35 bits per heavy atom. The summed E-state index contributed by atoms with van der Waals surface area (Å²) in [5.74, 6) is 2.40. The minimum Gasteiger partial charge on any atom is -0.383 e.